The van der Waals surface area contributed by atoms with Crippen molar-refractivity contribution in [2.45, 2.75) is 12.5 Å². The van der Waals surface area contributed by atoms with Crippen LogP contribution in [-0.4, -0.2) is 27.3 Å². The van der Waals surface area contributed by atoms with E-state index in [0.29, 0.717) is 18.9 Å². The Balaban J connectivity index is 2.46. The highest BCUT2D eigenvalue weighted by molar-refractivity contribution is 5.44. The van der Waals surface area contributed by atoms with Crippen molar-refractivity contribution in [1.29, 1.82) is 0 Å². The largest absolute Gasteiger partial charge is 0.493 e. The number of methoxy groups -OCH3 is 1. The van der Waals surface area contributed by atoms with E-state index in [2.05, 4.69) is 5.32 Å². The van der Waals surface area contributed by atoms with E-state index in [9.17, 15) is 4.39 Å². The smallest absolute Gasteiger partial charge is 0.165 e. The van der Waals surface area contributed by atoms with Gasteiger partial charge in [0, 0.05) is 12.1 Å². The molecule has 88 valence electrons. The molecule has 0 spiro atoms. The Hall–Kier alpha value is -1.13. The van der Waals surface area contributed by atoms with Gasteiger partial charge < -0.3 is 14.8 Å². The summed E-state index contributed by atoms with van der Waals surface area (Å²) in [6, 6.07) is 3.28. The molecule has 1 aromatic carbocycles. The lowest BCUT2D eigenvalue weighted by Crippen LogP contribution is -2.26. The lowest BCUT2D eigenvalue weighted by molar-refractivity contribution is 0.0414. The molecular weight excluding hydrogens is 209 g/mol. The first-order chi connectivity index (χ1) is 7.77. The van der Waals surface area contributed by atoms with E-state index < -0.39 is 0 Å². The zero-order valence-corrected chi connectivity index (χ0v) is 9.55. The average molecular weight is 225 g/mol. The second-order valence-corrected chi connectivity index (χ2v) is 3.82. The van der Waals surface area contributed by atoms with Gasteiger partial charge in [-0.2, -0.15) is 0 Å². The van der Waals surface area contributed by atoms with E-state index in [4.69, 9.17) is 9.47 Å². The molecule has 4 heteroatoms. The van der Waals surface area contributed by atoms with E-state index in [1.165, 1.54) is 13.2 Å². The van der Waals surface area contributed by atoms with Crippen molar-refractivity contribution in [3.05, 3.63) is 29.1 Å². The summed E-state index contributed by atoms with van der Waals surface area (Å²) < 4.78 is 24.4. The van der Waals surface area contributed by atoms with Crippen LogP contribution in [0.2, 0.25) is 0 Å². The third-order valence-corrected chi connectivity index (χ3v) is 2.84. The van der Waals surface area contributed by atoms with Crippen molar-refractivity contribution >= 4 is 0 Å². The van der Waals surface area contributed by atoms with Gasteiger partial charge in [-0.15, -0.1) is 0 Å². The summed E-state index contributed by atoms with van der Waals surface area (Å²) in [6.45, 7) is 1.33. The highest BCUT2D eigenvalue weighted by Crippen LogP contribution is 2.36. The molecule has 0 amide bonds. The maximum atomic E-state index is 13.6. The minimum absolute atomic E-state index is 0.126. The number of hydrogen-bond donors (Lipinski definition) is 1. The number of benzene rings is 1. The topological polar surface area (TPSA) is 30.5 Å². The Kier molecular flexibility index (Phi) is 3.41. The fourth-order valence-electron chi connectivity index (χ4n) is 2.13. The summed E-state index contributed by atoms with van der Waals surface area (Å²) >= 11 is 0. The van der Waals surface area contributed by atoms with E-state index in [1.807, 2.05) is 13.1 Å². The van der Waals surface area contributed by atoms with Gasteiger partial charge in [-0.25, -0.2) is 4.39 Å². The third kappa shape index (κ3) is 1.90. The Morgan fingerprint density at radius 1 is 1.56 bits per heavy atom. The Labute approximate surface area is 94.6 Å². The van der Waals surface area contributed by atoms with E-state index >= 15 is 0 Å². The van der Waals surface area contributed by atoms with Crippen molar-refractivity contribution in [3.63, 3.8) is 0 Å². The van der Waals surface area contributed by atoms with Gasteiger partial charge in [0.2, 0.25) is 0 Å². The molecule has 0 unspecified atom stereocenters. The van der Waals surface area contributed by atoms with Crippen LogP contribution >= 0.6 is 0 Å². The molecular formula is C12H16FNO2. The molecule has 1 aromatic rings. The van der Waals surface area contributed by atoms with Gasteiger partial charge in [0.15, 0.2) is 11.6 Å². The molecule has 3 nitrogen and oxygen atoms in total. The van der Waals surface area contributed by atoms with Crippen molar-refractivity contribution in [1.82, 2.24) is 5.32 Å². The average Bonchev–Trinajstić information content (AvgIpc) is 2.30. The first kappa shape index (κ1) is 11.4. The maximum absolute atomic E-state index is 13.6. The van der Waals surface area contributed by atoms with Gasteiger partial charge in [-0.1, -0.05) is 6.07 Å². The van der Waals surface area contributed by atoms with Crippen LogP contribution in [0, 0.1) is 5.82 Å². The van der Waals surface area contributed by atoms with Crippen LogP contribution in [0.3, 0.4) is 0 Å². The molecule has 0 aromatic heterocycles. The number of rotatable bonds is 3. The predicted octanol–water partition coefficient (Wildman–Crippen LogP) is 1.67. The van der Waals surface area contributed by atoms with E-state index in [1.54, 1.807) is 0 Å². The first-order valence-electron chi connectivity index (χ1n) is 5.39. The summed E-state index contributed by atoms with van der Waals surface area (Å²) in [5, 5.41) is 3.05. The number of ether oxygens (including phenoxy) is 2. The normalized spacial score (nSPS) is 19.3. The van der Waals surface area contributed by atoms with Crippen molar-refractivity contribution in [2.75, 3.05) is 27.3 Å². The summed E-state index contributed by atoms with van der Waals surface area (Å²) in [6.07, 6.45) is 0.686. The SMILES string of the molecule is CNC[C@@H]1OCCc2ccc(F)c(OC)c21. The molecule has 2 rings (SSSR count). The van der Waals surface area contributed by atoms with Crippen molar-refractivity contribution in [3.8, 4) is 5.75 Å². The van der Waals surface area contributed by atoms with Crippen LogP contribution in [0.4, 0.5) is 4.39 Å². The highest BCUT2D eigenvalue weighted by Gasteiger charge is 2.26. The summed E-state index contributed by atoms with van der Waals surface area (Å²) in [5.41, 5.74) is 1.97. The number of fused-ring (bicyclic) bond motifs is 1. The zero-order valence-electron chi connectivity index (χ0n) is 9.55. The third-order valence-electron chi connectivity index (χ3n) is 2.84. The van der Waals surface area contributed by atoms with Gasteiger partial charge in [0.25, 0.3) is 0 Å². The van der Waals surface area contributed by atoms with Crippen LogP contribution in [0.5, 0.6) is 5.75 Å². The molecule has 1 heterocycles. The van der Waals surface area contributed by atoms with Crippen LogP contribution in [0.15, 0.2) is 12.1 Å². The molecule has 0 bridgehead atoms. The van der Waals surface area contributed by atoms with E-state index in [0.717, 1.165) is 17.5 Å². The monoisotopic (exact) mass is 225 g/mol. The second kappa shape index (κ2) is 4.80. The fourth-order valence-corrected chi connectivity index (χ4v) is 2.13. The van der Waals surface area contributed by atoms with Crippen molar-refractivity contribution in [2.24, 2.45) is 0 Å². The Morgan fingerprint density at radius 3 is 3.06 bits per heavy atom. The van der Waals surface area contributed by atoms with Crippen molar-refractivity contribution < 1.29 is 13.9 Å². The summed E-state index contributed by atoms with van der Waals surface area (Å²) in [4.78, 5) is 0. The van der Waals surface area contributed by atoms with Gasteiger partial charge in [-0.3, -0.25) is 0 Å². The number of hydrogen-bond acceptors (Lipinski definition) is 3. The second-order valence-electron chi connectivity index (χ2n) is 3.82. The molecule has 1 N–H and O–H groups in total. The predicted molar refractivity (Wildman–Crippen MR) is 59.3 cm³/mol. The van der Waals surface area contributed by atoms with Crippen LogP contribution < -0.4 is 10.1 Å². The summed E-state index contributed by atoms with van der Waals surface area (Å²) in [5.74, 6) is -0.00898. The molecule has 0 saturated heterocycles. The van der Waals surface area contributed by atoms with Crippen LogP contribution in [0.25, 0.3) is 0 Å². The lowest BCUT2D eigenvalue weighted by atomic mass is 9.96. The van der Waals surface area contributed by atoms with Gasteiger partial charge in [-0.05, 0) is 25.1 Å². The zero-order chi connectivity index (χ0) is 11.5. The molecule has 0 fully saturated rings. The molecule has 0 radical (unpaired) electrons. The lowest BCUT2D eigenvalue weighted by Gasteiger charge is -2.27. The fraction of sp³-hybridized carbons (Fsp3) is 0.500. The molecule has 1 aliphatic rings. The number of nitrogens with one attached hydrogen (secondary N) is 1. The molecule has 16 heavy (non-hydrogen) atoms. The highest BCUT2D eigenvalue weighted by atomic mass is 19.1. The molecule has 1 atom stereocenters. The van der Waals surface area contributed by atoms with Gasteiger partial charge >= 0.3 is 0 Å². The Bertz CT molecular complexity index is 382. The molecule has 0 aliphatic carbocycles. The molecule has 0 saturated carbocycles. The molecule has 1 aliphatic heterocycles. The quantitative estimate of drug-likeness (QED) is 0.848. The van der Waals surface area contributed by atoms with Crippen LogP contribution in [0.1, 0.15) is 17.2 Å². The minimum Gasteiger partial charge on any atom is -0.493 e. The van der Waals surface area contributed by atoms with Gasteiger partial charge in [0.1, 0.15) is 0 Å². The Morgan fingerprint density at radius 2 is 2.38 bits per heavy atom. The van der Waals surface area contributed by atoms with E-state index in [-0.39, 0.29) is 11.9 Å². The maximum Gasteiger partial charge on any atom is 0.165 e. The number of halogens is 1. The summed E-state index contributed by atoms with van der Waals surface area (Å²) in [7, 11) is 3.34. The van der Waals surface area contributed by atoms with Crippen LogP contribution in [-0.2, 0) is 11.2 Å². The van der Waals surface area contributed by atoms with Gasteiger partial charge in [0.05, 0.1) is 19.8 Å². The minimum atomic E-state index is -0.326. The standard InChI is InChI=1S/C12H16FNO2/c1-14-7-10-11-8(5-6-16-10)3-4-9(13)12(11)15-2/h3-4,10,14H,5-7H2,1-2H3/t10-/m0/s1. The number of likely N-dealkylation sites (N-methyl/N-ethyl adjacent to an activating group) is 1. The first-order valence-corrected chi connectivity index (χ1v) is 5.39.